The van der Waals surface area contributed by atoms with Gasteiger partial charge in [-0.1, -0.05) is 47.0 Å². The maximum atomic E-state index is 12.3. The van der Waals surface area contributed by atoms with E-state index in [1.165, 1.54) is 32.1 Å². The van der Waals surface area contributed by atoms with Crippen molar-refractivity contribution in [2.45, 2.75) is 123 Å². The number of amides is 1. The van der Waals surface area contributed by atoms with E-state index in [9.17, 15) is 9.59 Å². The van der Waals surface area contributed by atoms with Crippen molar-refractivity contribution in [2.24, 2.45) is 17.8 Å². The van der Waals surface area contributed by atoms with E-state index >= 15 is 0 Å². The van der Waals surface area contributed by atoms with Gasteiger partial charge in [0.15, 0.2) is 0 Å². The molecule has 1 amide bonds. The number of nitrogens with one attached hydrogen (secondary N) is 1. The summed E-state index contributed by atoms with van der Waals surface area (Å²) in [5.74, 6) is 1.61. The normalized spacial score (nSPS) is 23.0. The minimum atomic E-state index is 0. The molecule has 0 aromatic rings. The van der Waals surface area contributed by atoms with Gasteiger partial charge in [0, 0.05) is 38.9 Å². The molecular weight excluding hydrogens is 390 g/mol. The van der Waals surface area contributed by atoms with Crippen LogP contribution in [-0.4, -0.2) is 42.2 Å². The Morgan fingerprint density at radius 1 is 1.03 bits per heavy atom. The van der Waals surface area contributed by atoms with Crippen LogP contribution in [0.2, 0.25) is 0 Å². The van der Waals surface area contributed by atoms with E-state index in [0.717, 1.165) is 44.9 Å². The van der Waals surface area contributed by atoms with Crippen LogP contribution in [0.15, 0.2) is 0 Å². The van der Waals surface area contributed by atoms with E-state index in [1.807, 2.05) is 6.92 Å². The topological polar surface area (TPSA) is 75.6 Å². The number of Topliss-reactive ketones (excluding diaryl/α,β-unsaturated/α-hetero) is 1. The Balaban J connectivity index is 0.00000121. The summed E-state index contributed by atoms with van der Waals surface area (Å²) in [5.41, 5.74) is 0. The lowest BCUT2D eigenvalue weighted by Crippen LogP contribution is -2.39. The van der Waals surface area contributed by atoms with Gasteiger partial charge in [0.2, 0.25) is 5.91 Å². The molecule has 31 heavy (non-hydrogen) atoms. The van der Waals surface area contributed by atoms with E-state index in [4.69, 9.17) is 9.84 Å². The summed E-state index contributed by atoms with van der Waals surface area (Å²) in [5, 5.41) is 11.4. The molecule has 5 nitrogen and oxygen atoms in total. The van der Waals surface area contributed by atoms with Gasteiger partial charge in [-0.25, -0.2) is 0 Å². The van der Waals surface area contributed by atoms with Crippen LogP contribution in [0, 0.1) is 17.8 Å². The van der Waals surface area contributed by atoms with Crippen LogP contribution >= 0.6 is 0 Å². The third kappa shape index (κ3) is 12.6. The third-order valence-corrected chi connectivity index (χ3v) is 6.75. The Kier molecular flexibility index (Phi) is 15.1. The molecule has 0 aromatic heterocycles. The Morgan fingerprint density at radius 2 is 1.68 bits per heavy atom. The number of carbonyl (C=O) groups is 2. The molecule has 0 saturated heterocycles. The van der Waals surface area contributed by atoms with Crippen molar-refractivity contribution in [1.29, 1.82) is 0 Å². The Labute approximate surface area is 192 Å². The molecule has 0 aliphatic heterocycles. The predicted octanol–water partition coefficient (Wildman–Crippen LogP) is 5.68. The Hall–Kier alpha value is -0.940. The van der Waals surface area contributed by atoms with Crippen molar-refractivity contribution in [3.63, 3.8) is 0 Å². The number of aliphatic hydroxyl groups is 1. The highest BCUT2D eigenvalue weighted by Crippen LogP contribution is 2.28. The average molecular weight is 442 g/mol. The second-order valence-electron chi connectivity index (χ2n) is 9.97. The minimum absolute atomic E-state index is 0. The molecule has 2 rings (SSSR count). The number of carbonyl (C=O) groups excluding carboxylic acids is 2. The molecule has 2 aliphatic rings. The quantitative estimate of drug-likeness (QED) is 0.405. The zero-order valence-electron chi connectivity index (χ0n) is 20.7. The molecule has 0 radical (unpaired) electrons. The molecule has 2 N–H and O–H groups in total. The fourth-order valence-electron chi connectivity index (χ4n) is 4.40. The van der Waals surface area contributed by atoms with Crippen LogP contribution in [0.3, 0.4) is 0 Å². The first-order valence-corrected chi connectivity index (χ1v) is 12.9. The molecule has 184 valence electrons. The summed E-state index contributed by atoms with van der Waals surface area (Å²) in [6.07, 6.45) is 13.7. The largest absolute Gasteiger partial charge is 0.396 e. The van der Waals surface area contributed by atoms with Crippen LogP contribution in [0.4, 0.5) is 0 Å². The number of ether oxygens (including phenoxy) is 1. The maximum Gasteiger partial charge on any atom is 0.220 e. The second-order valence-corrected chi connectivity index (χ2v) is 9.97. The van der Waals surface area contributed by atoms with Gasteiger partial charge in [0.1, 0.15) is 5.78 Å². The first-order valence-electron chi connectivity index (χ1n) is 12.9. The lowest BCUT2D eigenvalue weighted by atomic mass is 9.79. The van der Waals surface area contributed by atoms with Crippen molar-refractivity contribution < 1.29 is 20.9 Å². The van der Waals surface area contributed by atoms with E-state index in [-0.39, 0.29) is 25.2 Å². The third-order valence-electron chi connectivity index (χ3n) is 6.75. The van der Waals surface area contributed by atoms with Crippen molar-refractivity contribution >= 4 is 11.7 Å². The van der Waals surface area contributed by atoms with Crippen molar-refractivity contribution in [1.82, 2.24) is 5.32 Å². The molecule has 2 aliphatic carbocycles. The highest BCUT2D eigenvalue weighted by molar-refractivity contribution is 5.83. The van der Waals surface area contributed by atoms with Gasteiger partial charge in [-0.2, -0.15) is 0 Å². The van der Waals surface area contributed by atoms with Crippen molar-refractivity contribution in [2.75, 3.05) is 13.2 Å². The zero-order valence-corrected chi connectivity index (χ0v) is 20.7. The molecule has 0 spiro atoms. The number of hydrogen-bond acceptors (Lipinski definition) is 4. The fourth-order valence-corrected chi connectivity index (χ4v) is 4.40. The second kappa shape index (κ2) is 16.7. The van der Waals surface area contributed by atoms with Gasteiger partial charge < -0.3 is 15.2 Å². The van der Waals surface area contributed by atoms with Gasteiger partial charge in [-0.05, 0) is 63.7 Å². The predicted molar refractivity (Wildman–Crippen MR) is 129 cm³/mol. The van der Waals surface area contributed by atoms with E-state index in [2.05, 4.69) is 26.1 Å². The first kappa shape index (κ1) is 28.1. The van der Waals surface area contributed by atoms with Gasteiger partial charge in [0.25, 0.3) is 0 Å². The van der Waals surface area contributed by atoms with Crippen molar-refractivity contribution in [3.8, 4) is 0 Å². The van der Waals surface area contributed by atoms with Gasteiger partial charge in [0.05, 0.1) is 6.10 Å². The summed E-state index contributed by atoms with van der Waals surface area (Å²) in [7, 11) is 0. The molecular formula is C26H51NO4. The molecule has 0 aromatic carbocycles. The van der Waals surface area contributed by atoms with Gasteiger partial charge in [-0.15, -0.1) is 0 Å². The van der Waals surface area contributed by atoms with Crippen LogP contribution in [0.25, 0.3) is 0 Å². The summed E-state index contributed by atoms with van der Waals surface area (Å²) >= 11 is 0. The van der Waals surface area contributed by atoms with Crippen LogP contribution in [-0.2, 0) is 14.3 Å². The molecule has 2 fully saturated rings. The Bertz CT molecular complexity index is 486. The molecule has 0 bridgehead atoms. The van der Waals surface area contributed by atoms with Crippen LogP contribution in [0.5, 0.6) is 0 Å². The Morgan fingerprint density at radius 3 is 2.19 bits per heavy atom. The SMILES string of the molecule is CC(C)CCO.CCC(C)C(=O)C1CCC(NC(=O)CCCOC2CCCCC2)CC1.[HH]. The smallest absolute Gasteiger partial charge is 0.220 e. The van der Waals surface area contributed by atoms with Crippen LogP contribution < -0.4 is 5.32 Å². The van der Waals surface area contributed by atoms with Crippen molar-refractivity contribution in [3.05, 3.63) is 0 Å². The highest BCUT2D eigenvalue weighted by atomic mass is 16.5. The fraction of sp³-hybridized carbons (Fsp3) is 0.923. The highest BCUT2D eigenvalue weighted by Gasteiger charge is 2.28. The number of ketones is 1. The number of hydrogen-bond donors (Lipinski definition) is 2. The average Bonchev–Trinajstić information content (AvgIpc) is 2.77. The summed E-state index contributed by atoms with van der Waals surface area (Å²) in [6, 6.07) is 0.257. The molecule has 1 atom stereocenters. The standard InChI is InChI=1S/C21H37NO3.C5H12O.H2/c1-3-16(2)21(24)17-11-13-18(14-12-17)22-20(23)10-7-15-25-19-8-5-4-6-9-19;1-5(2)3-4-6;/h16-19H,3-15H2,1-2H3,(H,22,23);5-6H,3-4H2,1-2H3;1H. The lowest BCUT2D eigenvalue weighted by Gasteiger charge is -2.29. The molecule has 2 saturated carbocycles. The molecule has 5 heteroatoms. The van der Waals surface area contributed by atoms with Gasteiger partial charge in [-0.3, -0.25) is 9.59 Å². The zero-order chi connectivity index (χ0) is 23.1. The minimum Gasteiger partial charge on any atom is -0.396 e. The van der Waals surface area contributed by atoms with Crippen LogP contribution in [0.1, 0.15) is 113 Å². The molecule has 1 unspecified atom stereocenters. The maximum absolute atomic E-state index is 12.3. The lowest BCUT2D eigenvalue weighted by molar-refractivity contribution is -0.127. The van der Waals surface area contributed by atoms with E-state index in [0.29, 0.717) is 37.4 Å². The number of rotatable bonds is 11. The molecule has 0 heterocycles. The number of aliphatic hydroxyl groups excluding tert-OH is 1. The summed E-state index contributed by atoms with van der Waals surface area (Å²) in [6.45, 7) is 9.33. The van der Waals surface area contributed by atoms with E-state index < -0.39 is 0 Å². The summed E-state index contributed by atoms with van der Waals surface area (Å²) in [4.78, 5) is 24.4. The monoisotopic (exact) mass is 441 g/mol. The first-order chi connectivity index (χ1) is 14.9. The van der Waals surface area contributed by atoms with E-state index in [1.54, 1.807) is 0 Å². The summed E-state index contributed by atoms with van der Waals surface area (Å²) < 4.78 is 5.88. The van der Waals surface area contributed by atoms with Gasteiger partial charge >= 0.3 is 0 Å².